The fraction of sp³-hybridized carbons (Fsp3) is 0.778. The summed E-state index contributed by atoms with van der Waals surface area (Å²) >= 11 is 0. The molecule has 0 aliphatic carbocycles. The first-order chi connectivity index (χ1) is 11.7. The number of carbonyl (C=O) groups is 1. The minimum atomic E-state index is 0.114. The van der Waals surface area contributed by atoms with Gasteiger partial charge in [-0.05, 0) is 57.7 Å². The molecule has 132 valence electrons. The summed E-state index contributed by atoms with van der Waals surface area (Å²) in [5.41, 5.74) is 0.659. The average molecular weight is 332 g/mol. The molecule has 0 bridgehead atoms. The monoisotopic (exact) mass is 332 g/mol. The van der Waals surface area contributed by atoms with Crippen molar-refractivity contribution in [3.05, 3.63) is 17.7 Å². The van der Waals surface area contributed by atoms with E-state index < -0.39 is 0 Å². The number of aromatic nitrogens is 2. The second-order valence-electron chi connectivity index (χ2n) is 7.68. The van der Waals surface area contributed by atoms with Gasteiger partial charge in [0.1, 0.15) is 11.5 Å². The summed E-state index contributed by atoms with van der Waals surface area (Å²) < 4.78 is 5.50. The van der Waals surface area contributed by atoms with Gasteiger partial charge in [0.25, 0.3) is 5.91 Å². The predicted molar refractivity (Wildman–Crippen MR) is 91.0 cm³/mol. The molecule has 2 unspecified atom stereocenters. The molecule has 1 aromatic rings. The molecular weight excluding hydrogens is 304 g/mol. The first-order valence-electron chi connectivity index (χ1n) is 9.31. The molecule has 24 heavy (non-hydrogen) atoms. The van der Waals surface area contributed by atoms with Crippen LogP contribution in [0.4, 0.5) is 0 Å². The van der Waals surface area contributed by atoms with Gasteiger partial charge in [-0.1, -0.05) is 0 Å². The number of rotatable bonds is 3. The maximum atomic E-state index is 12.8. The molecule has 0 radical (unpaired) electrons. The number of hydrogen-bond donors (Lipinski definition) is 1. The number of piperidine rings is 1. The summed E-state index contributed by atoms with van der Waals surface area (Å²) in [5.74, 6) is 2.81. The minimum absolute atomic E-state index is 0.114. The zero-order chi connectivity index (χ0) is 16.5. The third-order valence-electron chi connectivity index (χ3n) is 6.07. The number of imidazole rings is 1. The van der Waals surface area contributed by atoms with Crippen LogP contribution in [0.15, 0.2) is 6.20 Å². The van der Waals surface area contributed by atoms with Crippen molar-refractivity contribution in [2.45, 2.75) is 31.6 Å². The Balaban J connectivity index is 1.37. The smallest absolute Gasteiger partial charge is 0.271 e. The van der Waals surface area contributed by atoms with E-state index in [0.717, 1.165) is 70.9 Å². The van der Waals surface area contributed by atoms with Crippen LogP contribution in [0.1, 0.15) is 47.9 Å². The Labute approximate surface area is 143 Å². The van der Waals surface area contributed by atoms with E-state index in [0.29, 0.717) is 23.4 Å². The number of aromatic amines is 1. The van der Waals surface area contributed by atoms with Crippen molar-refractivity contribution in [3.63, 3.8) is 0 Å². The molecule has 0 spiro atoms. The van der Waals surface area contributed by atoms with Gasteiger partial charge in [-0.25, -0.2) is 4.98 Å². The van der Waals surface area contributed by atoms with Crippen LogP contribution in [-0.4, -0.2) is 72.1 Å². The van der Waals surface area contributed by atoms with Crippen molar-refractivity contribution in [2.75, 3.05) is 46.4 Å². The van der Waals surface area contributed by atoms with Gasteiger partial charge in [-0.15, -0.1) is 0 Å². The maximum absolute atomic E-state index is 12.8. The number of nitrogens with one attached hydrogen (secondary N) is 1. The van der Waals surface area contributed by atoms with Crippen LogP contribution in [0.5, 0.6) is 0 Å². The minimum Gasteiger partial charge on any atom is -0.381 e. The van der Waals surface area contributed by atoms with Gasteiger partial charge in [0.15, 0.2) is 0 Å². The lowest BCUT2D eigenvalue weighted by atomic mass is 9.91. The van der Waals surface area contributed by atoms with E-state index in [4.69, 9.17) is 4.74 Å². The summed E-state index contributed by atoms with van der Waals surface area (Å²) in [7, 11) is 2.16. The standard InChI is InChI=1S/C18H28N4O2/c1-21-6-2-13(3-7-21)17-19-10-16(20-17)18(23)22-8-4-14(11-22)15-5-9-24-12-15/h10,13-15H,2-9,11-12H2,1H3,(H,19,20). The SMILES string of the molecule is CN1CCC(c2ncc(C(=O)N3CCC(C4CCOC4)C3)[nH]2)CC1. The van der Waals surface area contributed by atoms with Crippen LogP contribution in [0.3, 0.4) is 0 Å². The van der Waals surface area contributed by atoms with Crippen molar-refractivity contribution in [1.82, 2.24) is 19.8 Å². The van der Waals surface area contributed by atoms with Gasteiger partial charge < -0.3 is 19.5 Å². The van der Waals surface area contributed by atoms with E-state index >= 15 is 0 Å². The second kappa shape index (κ2) is 6.84. The topological polar surface area (TPSA) is 61.5 Å². The first kappa shape index (κ1) is 16.1. The fourth-order valence-electron chi connectivity index (χ4n) is 4.39. The molecule has 3 aliphatic heterocycles. The Morgan fingerprint density at radius 3 is 2.79 bits per heavy atom. The third kappa shape index (κ3) is 3.22. The molecule has 3 saturated heterocycles. The lowest BCUT2D eigenvalue weighted by Crippen LogP contribution is -2.31. The number of hydrogen-bond acceptors (Lipinski definition) is 4. The lowest BCUT2D eigenvalue weighted by Gasteiger charge is -2.27. The highest BCUT2D eigenvalue weighted by Gasteiger charge is 2.34. The zero-order valence-corrected chi connectivity index (χ0v) is 14.5. The Bertz CT molecular complexity index is 573. The highest BCUT2D eigenvalue weighted by atomic mass is 16.5. The Morgan fingerprint density at radius 1 is 1.21 bits per heavy atom. The second-order valence-corrected chi connectivity index (χ2v) is 7.68. The summed E-state index contributed by atoms with van der Waals surface area (Å²) in [6.07, 6.45) is 6.23. The van der Waals surface area contributed by atoms with E-state index in [1.807, 2.05) is 4.90 Å². The lowest BCUT2D eigenvalue weighted by molar-refractivity contribution is 0.0775. The van der Waals surface area contributed by atoms with E-state index in [1.54, 1.807) is 6.20 Å². The predicted octanol–water partition coefficient (Wildman–Crippen LogP) is 1.72. The maximum Gasteiger partial charge on any atom is 0.271 e. The quantitative estimate of drug-likeness (QED) is 0.915. The molecule has 4 heterocycles. The molecule has 4 rings (SSSR count). The van der Waals surface area contributed by atoms with E-state index in [1.165, 1.54) is 0 Å². The molecule has 6 heteroatoms. The van der Waals surface area contributed by atoms with Gasteiger partial charge in [0, 0.05) is 32.2 Å². The first-order valence-corrected chi connectivity index (χ1v) is 9.31. The van der Waals surface area contributed by atoms with Gasteiger partial charge >= 0.3 is 0 Å². The summed E-state index contributed by atoms with van der Waals surface area (Å²) in [5, 5.41) is 0. The highest BCUT2D eigenvalue weighted by Crippen LogP contribution is 2.31. The number of amides is 1. The third-order valence-corrected chi connectivity index (χ3v) is 6.07. The molecular formula is C18H28N4O2. The molecule has 0 aromatic carbocycles. The van der Waals surface area contributed by atoms with Crippen molar-refractivity contribution in [1.29, 1.82) is 0 Å². The van der Waals surface area contributed by atoms with Crippen LogP contribution in [-0.2, 0) is 4.74 Å². The number of likely N-dealkylation sites (tertiary alicyclic amines) is 2. The molecule has 2 atom stereocenters. The number of H-pyrrole nitrogens is 1. The highest BCUT2D eigenvalue weighted by molar-refractivity contribution is 5.92. The normalized spacial score (nSPS) is 29.5. The molecule has 1 amide bonds. The van der Waals surface area contributed by atoms with Gasteiger partial charge in [0.2, 0.25) is 0 Å². The van der Waals surface area contributed by atoms with E-state index in [9.17, 15) is 4.79 Å². The Hall–Kier alpha value is -1.40. The number of nitrogens with zero attached hydrogens (tertiary/aromatic N) is 3. The molecule has 3 fully saturated rings. The van der Waals surface area contributed by atoms with E-state index in [-0.39, 0.29) is 5.91 Å². The van der Waals surface area contributed by atoms with Crippen molar-refractivity contribution in [3.8, 4) is 0 Å². The number of ether oxygens (including phenoxy) is 1. The van der Waals surface area contributed by atoms with Gasteiger partial charge in [0.05, 0.1) is 6.20 Å². The van der Waals surface area contributed by atoms with Gasteiger partial charge in [-0.3, -0.25) is 4.79 Å². The van der Waals surface area contributed by atoms with Crippen LogP contribution in [0.2, 0.25) is 0 Å². The summed E-state index contributed by atoms with van der Waals surface area (Å²) in [4.78, 5) is 24.9. The summed E-state index contributed by atoms with van der Waals surface area (Å²) in [6, 6.07) is 0. The van der Waals surface area contributed by atoms with Crippen LogP contribution in [0, 0.1) is 11.8 Å². The van der Waals surface area contributed by atoms with Crippen LogP contribution >= 0.6 is 0 Å². The van der Waals surface area contributed by atoms with Gasteiger partial charge in [-0.2, -0.15) is 0 Å². The molecule has 6 nitrogen and oxygen atoms in total. The fourth-order valence-corrected chi connectivity index (χ4v) is 4.39. The van der Waals surface area contributed by atoms with Crippen molar-refractivity contribution in [2.24, 2.45) is 11.8 Å². The molecule has 1 aromatic heterocycles. The Morgan fingerprint density at radius 2 is 2.04 bits per heavy atom. The molecule has 1 N–H and O–H groups in total. The average Bonchev–Trinajstić information content (AvgIpc) is 3.34. The molecule has 0 saturated carbocycles. The Kier molecular flexibility index (Phi) is 4.59. The zero-order valence-electron chi connectivity index (χ0n) is 14.5. The van der Waals surface area contributed by atoms with Crippen LogP contribution < -0.4 is 0 Å². The summed E-state index contributed by atoms with van der Waals surface area (Å²) in [6.45, 7) is 5.70. The van der Waals surface area contributed by atoms with E-state index in [2.05, 4.69) is 21.9 Å². The van der Waals surface area contributed by atoms with Crippen LogP contribution in [0.25, 0.3) is 0 Å². The van der Waals surface area contributed by atoms with Crippen molar-refractivity contribution < 1.29 is 9.53 Å². The largest absolute Gasteiger partial charge is 0.381 e. The van der Waals surface area contributed by atoms with Crippen molar-refractivity contribution >= 4 is 5.91 Å². The molecule has 3 aliphatic rings. The number of carbonyl (C=O) groups excluding carboxylic acids is 1.